The second kappa shape index (κ2) is 5.27. The second-order valence-corrected chi connectivity index (χ2v) is 4.41. The Kier molecular flexibility index (Phi) is 4.22. The minimum Gasteiger partial charge on any atom is -0.480 e. The summed E-state index contributed by atoms with van der Waals surface area (Å²) in [7, 11) is 1.39. The van der Waals surface area contributed by atoms with Crippen molar-refractivity contribution in [1.29, 1.82) is 0 Å². The molecule has 0 fully saturated rings. The summed E-state index contributed by atoms with van der Waals surface area (Å²) in [6.45, 7) is 1.40. The van der Waals surface area contributed by atoms with E-state index in [-0.39, 0.29) is 10.0 Å². The second-order valence-electron chi connectivity index (χ2n) is 3.56. The van der Waals surface area contributed by atoms with Crippen molar-refractivity contribution in [3.63, 3.8) is 0 Å². The van der Waals surface area contributed by atoms with Crippen molar-refractivity contribution in [3.8, 4) is 0 Å². The fourth-order valence-corrected chi connectivity index (χ4v) is 1.55. The number of hydrogen-bond donors (Lipinski definition) is 1. The van der Waals surface area contributed by atoms with E-state index in [1.165, 1.54) is 26.1 Å². The number of hydrogen-bond acceptors (Lipinski definition) is 2. The first-order valence-corrected chi connectivity index (χ1v) is 5.59. The Balaban J connectivity index is 2.96. The molecule has 4 nitrogen and oxygen atoms in total. The Labute approximate surface area is 106 Å². The third-order valence-electron chi connectivity index (χ3n) is 2.43. The van der Waals surface area contributed by atoms with Gasteiger partial charge in [0.1, 0.15) is 11.9 Å². The number of nitrogens with zero attached hydrogens (tertiary/aromatic N) is 1. The van der Waals surface area contributed by atoms with Crippen LogP contribution in [-0.4, -0.2) is 35.0 Å². The lowest BCUT2D eigenvalue weighted by Gasteiger charge is -2.21. The molecule has 1 amide bonds. The molecule has 6 heteroatoms. The number of carbonyl (C=O) groups is 2. The maximum atomic E-state index is 13.0. The van der Waals surface area contributed by atoms with E-state index < -0.39 is 23.7 Å². The van der Waals surface area contributed by atoms with E-state index >= 15 is 0 Å². The number of carbonyl (C=O) groups excluding carboxylic acids is 1. The zero-order valence-corrected chi connectivity index (χ0v) is 10.9. The van der Waals surface area contributed by atoms with E-state index in [4.69, 9.17) is 5.11 Å². The van der Waals surface area contributed by atoms with Crippen molar-refractivity contribution in [2.75, 3.05) is 7.05 Å². The van der Waals surface area contributed by atoms with Crippen molar-refractivity contribution >= 4 is 27.8 Å². The molecule has 0 spiro atoms. The number of rotatable bonds is 3. The highest BCUT2D eigenvalue weighted by atomic mass is 79.9. The first-order valence-electron chi connectivity index (χ1n) is 4.79. The van der Waals surface area contributed by atoms with Gasteiger partial charge < -0.3 is 10.0 Å². The van der Waals surface area contributed by atoms with Gasteiger partial charge in [-0.2, -0.15) is 0 Å². The van der Waals surface area contributed by atoms with Crippen LogP contribution in [0.5, 0.6) is 0 Å². The molecule has 0 aliphatic carbocycles. The van der Waals surface area contributed by atoms with Crippen LogP contribution >= 0.6 is 15.9 Å². The van der Waals surface area contributed by atoms with Gasteiger partial charge in [0.2, 0.25) is 0 Å². The highest BCUT2D eigenvalue weighted by molar-refractivity contribution is 9.10. The molecule has 0 aliphatic heterocycles. The smallest absolute Gasteiger partial charge is 0.326 e. The third kappa shape index (κ3) is 3.03. The monoisotopic (exact) mass is 303 g/mol. The molecule has 1 aromatic carbocycles. The van der Waals surface area contributed by atoms with Gasteiger partial charge in [0, 0.05) is 12.6 Å². The summed E-state index contributed by atoms with van der Waals surface area (Å²) in [5, 5.41) is 8.78. The molecule has 1 rings (SSSR count). The Bertz CT molecular complexity index is 464. The predicted octanol–water partition coefficient (Wildman–Crippen LogP) is 2.13. The van der Waals surface area contributed by atoms with Crippen molar-refractivity contribution in [2.45, 2.75) is 13.0 Å². The summed E-state index contributed by atoms with van der Waals surface area (Å²) >= 11 is 2.97. The zero-order valence-electron chi connectivity index (χ0n) is 9.28. The van der Waals surface area contributed by atoms with Gasteiger partial charge in [0.05, 0.1) is 4.47 Å². The van der Waals surface area contributed by atoms with E-state index in [1.807, 2.05) is 0 Å². The molecule has 1 N–H and O–H groups in total. The van der Waals surface area contributed by atoms with Crippen molar-refractivity contribution in [1.82, 2.24) is 4.90 Å². The van der Waals surface area contributed by atoms with E-state index in [1.54, 1.807) is 0 Å². The molecule has 0 bridgehead atoms. The van der Waals surface area contributed by atoms with Gasteiger partial charge in [-0.25, -0.2) is 9.18 Å². The molecule has 1 atom stereocenters. The molecule has 0 aliphatic rings. The average Bonchev–Trinajstić information content (AvgIpc) is 2.29. The summed E-state index contributed by atoms with van der Waals surface area (Å²) < 4.78 is 13.2. The molecule has 0 saturated heterocycles. The topological polar surface area (TPSA) is 57.6 Å². The van der Waals surface area contributed by atoms with E-state index in [0.717, 1.165) is 11.0 Å². The van der Waals surface area contributed by atoms with Crippen LogP contribution in [0.1, 0.15) is 17.3 Å². The van der Waals surface area contributed by atoms with Gasteiger partial charge in [0.15, 0.2) is 0 Å². The van der Waals surface area contributed by atoms with Crippen molar-refractivity contribution in [2.24, 2.45) is 0 Å². The molecular formula is C11H11BrFNO3. The molecule has 92 valence electrons. The van der Waals surface area contributed by atoms with Gasteiger partial charge in [-0.1, -0.05) is 0 Å². The Hall–Kier alpha value is -1.43. The fraction of sp³-hybridized carbons (Fsp3) is 0.273. The van der Waals surface area contributed by atoms with Gasteiger partial charge in [0.25, 0.3) is 5.91 Å². The first-order chi connectivity index (χ1) is 7.84. The predicted molar refractivity (Wildman–Crippen MR) is 63.3 cm³/mol. The Morgan fingerprint density at radius 2 is 2.06 bits per heavy atom. The van der Waals surface area contributed by atoms with Gasteiger partial charge in [-0.05, 0) is 41.1 Å². The highest BCUT2D eigenvalue weighted by Crippen LogP contribution is 2.18. The fourth-order valence-electron chi connectivity index (χ4n) is 1.17. The maximum absolute atomic E-state index is 13.0. The van der Waals surface area contributed by atoms with Crippen LogP contribution < -0.4 is 0 Å². The molecule has 0 radical (unpaired) electrons. The molecule has 17 heavy (non-hydrogen) atoms. The number of carboxylic acid groups (broad SMARTS) is 1. The quantitative estimate of drug-likeness (QED) is 0.930. The SMILES string of the molecule is CC(C(=O)O)N(C)C(=O)c1ccc(F)c(Br)c1. The van der Waals surface area contributed by atoms with Crippen LogP contribution in [0, 0.1) is 5.82 Å². The maximum Gasteiger partial charge on any atom is 0.326 e. The van der Waals surface area contributed by atoms with Crippen LogP contribution in [0.4, 0.5) is 4.39 Å². The minimum absolute atomic E-state index is 0.166. The van der Waals surface area contributed by atoms with Crippen molar-refractivity contribution < 1.29 is 19.1 Å². The lowest BCUT2D eigenvalue weighted by Crippen LogP contribution is -2.40. The first kappa shape index (κ1) is 13.6. The van der Waals surface area contributed by atoms with E-state index in [0.29, 0.717) is 0 Å². The Morgan fingerprint density at radius 1 is 1.47 bits per heavy atom. The highest BCUT2D eigenvalue weighted by Gasteiger charge is 2.23. The summed E-state index contributed by atoms with van der Waals surface area (Å²) in [6, 6.07) is 2.85. The van der Waals surface area contributed by atoms with Crippen LogP contribution in [-0.2, 0) is 4.79 Å². The lowest BCUT2D eigenvalue weighted by molar-refractivity contribution is -0.141. The molecule has 1 aromatic rings. The van der Waals surface area contributed by atoms with E-state index in [9.17, 15) is 14.0 Å². The number of amides is 1. The van der Waals surface area contributed by atoms with Gasteiger partial charge in [-0.15, -0.1) is 0 Å². The zero-order chi connectivity index (χ0) is 13.2. The minimum atomic E-state index is -1.10. The summed E-state index contributed by atoms with van der Waals surface area (Å²) in [5.74, 6) is -2.04. The molecular weight excluding hydrogens is 293 g/mol. The third-order valence-corrected chi connectivity index (χ3v) is 3.03. The van der Waals surface area contributed by atoms with Crippen LogP contribution in [0.25, 0.3) is 0 Å². The Morgan fingerprint density at radius 3 is 2.53 bits per heavy atom. The molecule has 1 unspecified atom stereocenters. The molecule has 0 saturated carbocycles. The number of aliphatic carboxylic acids is 1. The largest absolute Gasteiger partial charge is 0.480 e. The summed E-state index contributed by atoms with van der Waals surface area (Å²) in [5.41, 5.74) is 0.230. The number of likely N-dealkylation sites (N-methyl/N-ethyl adjacent to an activating group) is 1. The lowest BCUT2D eigenvalue weighted by atomic mass is 10.1. The number of halogens is 2. The average molecular weight is 304 g/mol. The number of benzene rings is 1. The van der Waals surface area contributed by atoms with E-state index in [2.05, 4.69) is 15.9 Å². The normalized spacial score (nSPS) is 12.0. The van der Waals surface area contributed by atoms with Gasteiger partial charge in [-0.3, -0.25) is 4.79 Å². The van der Waals surface area contributed by atoms with Crippen LogP contribution in [0.15, 0.2) is 22.7 Å². The number of carboxylic acids is 1. The van der Waals surface area contributed by atoms with Crippen LogP contribution in [0.2, 0.25) is 0 Å². The van der Waals surface area contributed by atoms with Crippen molar-refractivity contribution in [3.05, 3.63) is 34.1 Å². The molecule has 0 heterocycles. The van der Waals surface area contributed by atoms with Crippen LogP contribution in [0.3, 0.4) is 0 Å². The summed E-state index contributed by atoms with van der Waals surface area (Å²) in [6.07, 6.45) is 0. The summed E-state index contributed by atoms with van der Waals surface area (Å²) in [4.78, 5) is 23.7. The molecule has 0 aromatic heterocycles. The standard InChI is InChI=1S/C11H11BrFNO3/c1-6(11(16)17)14(2)10(15)7-3-4-9(13)8(12)5-7/h3-6H,1-2H3,(H,16,17). The van der Waals surface area contributed by atoms with Gasteiger partial charge >= 0.3 is 5.97 Å².